The van der Waals surface area contributed by atoms with Crippen LogP contribution in [0.25, 0.3) is 0 Å². The lowest BCUT2D eigenvalue weighted by molar-refractivity contribution is -0.121. The Morgan fingerprint density at radius 1 is 1.20 bits per heavy atom. The van der Waals surface area contributed by atoms with Crippen molar-refractivity contribution in [2.75, 3.05) is 18.5 Å². The highest BCUT2D eigenvalue weighted by atomic mass is 16.5. The van der Waals surface area contributed by atoms with Crippen LogP contribution in [0.2, 0.25) is 0 Å². The molecule has 0 aromatic heterocycles. The summed E-state index contributed by atoms with van der Waals surface area (Å²) in [5, 5.41) is 5.68. The number of amides is 2. The Morgan fingerprint density at radius 2 is 1.90 bits per heavy atom. The van der Waals surface area contributed by atoms with Gasteiger partial charge in [0.2, 0.25) is 11.8 Å². The predicted molar refractivity (Wildman–Crippen MR) is 76.4 cm³/mol. The topological polar surface area (TPSA) is 67.4 Å². The van der Waals surface area contributed by atoms with Crippen molar-refractivity contribution in [2.24, 2.45) is 0 Å². The van der Waals surface area contributed by atoms with Crippen LogP contribution in [0.4, 0.5) is 5.69 Å². The number of rotatable bonds is 7. The maximum atomic E-state index is 11.6. The molecule has 5 nitrogen and oxygen atoms in total. The molecule has 1 saturated carbocycles. The fraction of sp³-hybridized carbons (Fsp3) is 0.467. The van der Waals surface area contributed by atoms with Crippen molar-refractivity contribution in [3.63, 3.8) is 0 Å². The summed E-state index contributed by atoms with van der Waals surface area (Å²) in [6.07, 6.45) is 2.57. The van der Waals surface area contributed by atoms with Gasteiger partial charge in [-0.2, -0.15) is 0 Å². The van der Waals surface area contributed by atoms with Crippen molar-refractivity contribution in [1.82, 2.24) is 5.32 Å². The van der Waals surface area contributed by atoms with Crippen LogP contribution < -0.4 is 10.6 Å². The molecule has 0 radical (unpaired) electrons. The quantitative estimate of drug-likeness (QED) is 0.792. The molecule has 0 heterocycles. The van der Waals surface area contributed by atoms with Gasteiger partial charge < -0.3 is 15.4 Å². The molecule has 5 heteroatoms. The van der Waals surface area contributed by atoms with E-state index in [1.54, 1.807) is 12.1 Å². The minimum atomic E-state index is -0.175. The molecule has 0 atom stereocenters. The van der Waals surface area contributed by atoms with Crippen LogP contribution in [0.15, 0.2) is 24.3 Å². The summed E-state index contributed by atoms with van der Waals surface area (Å²) >= 11 is 0. The SMILES string of the molecule is CCOCC(=O)Nc1ccc(CC(=O)NC2CC2)cc1. The van der Waals surface area contributed by atoms with Gasteiger partial charge in [-0.15, -0.1) is 0 Å². The molecule has 108 valence electrons. The van der Waals surface area contributed by atoms with Gasteiger partial charge in [0.25, 0.3) is 0 Å². The minimum absolute atomic E-state index is 0.0561. The second kappa shape index (κ2) is 7.05. The second-order valence-corrected chi connectivity index (χ2v) is 4.90. The van der Waals surface area contributed by atoms with Crippen molar-refractivity contribution < 1.29 is 14.3 Å². The number of hydrogen-bond acceptors (Lipinski definition) is 3. The molecule has 2 amide bonds. The first-order valence-electron chi connectivity index (χ1n) is 6.93. The first-order chi connectivity index (χ1) is 9.67. The third-order valence-electron chi connectivity index (χ3n) is 2.98. The van der Waals surface area contributed by atoms with Crippen molar-refractivity contribution in [3.8, 4) is 0 Å². The van der Waals surface area contributed by atoms with E-state index in [-0.39, 0.29) is 18.4 Å². The summed E-state index contributed by atoms with van der Waals surface area (Å²) in [6.45, 7) is 2.42. The lowest BCUT2D eigenvalue weighted by atomic mass is 10.1. The number of carbonyl (C=O) groups excluding carboxylic acids is 2. The van der Waals surface area contributed by atoms with Gasteiger partial charge in [-0.3, -0.25) is 9.59 Å². The second-order valence-electron chi connectivity index (χ2n) is 4.90. The predicted octanol–water partition coefficient (Wildman–Crippen LogP) is 1.48. The zero-order chi connectivity index (χ0) is 14.4. The van der Waals surface area contributed by atoms with Gasteiger partial charge in [-0.25, -0.2) is 0 Å². The summed E-state index contributed by atoms with van der Waals surface area (Å²) in [5.74, 6) is -0.119. The Hall–Kier alpha value is -1.88. The fourth-order valence-corrected chi connectivity index (χ4v) is 1.79. The molecule has 1 aromatic rings. The fourth-order valence-electron chi connectivity index (χ4n) is 1.79. The van der Waals surface area contributed by atoms with Gasteiger partial charge >= 0.3 is 0 Å². The van der Waals surface area contributed by atoms with Gasteiger partial charge in [-0.1, -0.05) is 12.1 Å². The van der Waals surface area contributed by atoms with E-state index in [4.69, 9.17) is 4.74 Å². The molecule has 0 aliphatic heterocycles. The summed E-state index contributed by atoms with van der Waals surface area (Å²) in [4.78, 5) is 23.1. The Labute approximate surface area is 118 Å². The highest BCUT2D eigenvalue weighted by molar-refractivity contribution is 5.91. The van der Waals surface area contributed by atoms with Crippen LogP contribution in [0.5, 0.6) is 0 Å². The smallest absolute Gasteiger partial charge is 0.250 e. The largest absolute Gasteiger partial charge is 0.372 e. The molecular weight excluding hydrogens is 256 g/mol. The minimum Gasteiger partial charge on any atom is -0.372 e. The Kier molecular flexibility index (Phi) is 5.12. The standard InChI is InChI=1S/C15H20N2O3/c1-2-20-10-15(19)17-12-5-3-11(4-6-12)9-14(18)16-13-7-8-13/h3-6,13H,2,7-10H2,1H3,(H,16,18)(H,17,19). The number of nitrogens with one attached hydrogen (secondary N) is 2. The molecule has 1 aromatic carbocycles. The third kappa shape index (κ3) is 5.01. The van der Waals surface area contributed by atoms with Crippen molar-refractivity contribution >= 4 is 17.5 Å². The Morgan fingerprint density at radius 3 is 2.50 bits per heavy atom. The van der Waals surface area contributed by atoms with Gasteiger partial charge in [0, 0.05) is 18.3 Å². The maximum absolute atomic E-state index is 11.6. The Balaban J connectivity index is 1.79. The molecule has 0 bridgehead atoms. The number of benzene rings is 1. The molecule has 2 rings (SSSR count). The molecule has 20 heavy (non-hydrogen) atoms. The normalized spacial score (nSPS) is 13.8. The number of ether oxygens (including phenoxy) is 1. The van der Waals surface area contributed by atoms with E-state index in [1.165, 1.54) is 0 Å². The van der Waals surface area contributed by atoms with Crippen LogP contribution in [0.3, 0.4) is 0 Å². The lowest BCUT2D eigenvalue weighted by Gasteiger charge is -2.07. The van der Waals surface area contributed by atoms with Crippen LogP contribution in [0.1, 0.15) is 25.3 Å². The van der Waals surface area contributed by atoms with Gasteiger partial charge in [-0.05, 0) is 37.5 Å². The van der Waals surface area contributed by atoms with E-state index in [9.17, 15) is 9.59 Å². The molecule has 0 unspecified atom stereocenters. The van der Waals surface area contributed by atoms with E-state index < -0.39 is 0 Å². The third-order valence-corrected chi connectivity index (χ3v) is 2.98. The zero-order valence-electron chi connectivity index (χ0n) is 11.6. The first kappa shape index (κ1) is 14.5. The van der Waals surface area contributed by atoms with Crippen molar-refractivity contribution in [1.29, 1.82) is 0 Å². The van der Waals surface area contributed by atoms with E-state index in [1.807, 2.05) is 19.1 Å². The maximum Gasteiger partial charge on any atom is 0.250 e. The molecule has 2 N–H and O–H groups in total. The summed E-state index contributed by atoms with van der Waals surface area (Å²) in [7, 11) is 0. The average Bonchev–Trinajstić information content (AvgIpc) is 3.22. The van der Waals surface area contributed by atoms with Crippen LogP contribution >= 0.6 is 0 Å². The Bertz CT molecular complexity index is 467. The van der Waals surface area contributed by atoms with E-state index in [0.29, 0.717) is 24.8 Å². The first-order valence-corrected chi connectivity index (χ1v) is 6.93. The number of carbonyl (C=O) groups is 2. The molecular formula is C15H20N2O3. The van der Waals surface area contributed by atoms with Crippen LogP contribution in [-0.2, 0) is 20.7 Å². The van der Waals surface area contributed by atoms with Crippen molar-refractivity contribution in [3.05, 3.63) is 29.8 Å². The highest BCUT2D eigenvalue weighted by Gasteiger charge is 2.22. The molecule has 1 aliphatic rings. The molecule has 1 aliphatic carbocycles. The van der Waals surface area contributed by atoms with Gasteiger partial charge in [0.15, 0.2) is 0 Å². The number of hydrogen-bond donors (Lipinski definition) is 2. The molecule has 0 saturated heterocycles. The zero-order valence-corrected chi connectivity index (χ0v) is 11.6. The summed E-state index contributed by atoms with van der Waals surface area (Å²) in [6, 6.07) is 7.68. The summed E-state index contributed by atoms with van der Waals surface area (Å²) in [5.41, 5.74) is 1.65. The van der Waals surface area contributed by atoms with E-state index >= 15 is 0 Å². The van der Waals surface area contributed by atoms with Gasteiger partial charge in [0.1, 0.15) is 6.61 Å². The van der Waals surface area contributed by atoms with Crippen molar-refractivity contribution in [2.45, 2.75) is 32.2 Å². The van der Waals surface area contributed by atoms with E-state index in [0.717, 1.165) is 18.4 Å². The molecule has 1 fully saturated rings. The lowest BCUT2D eigenvalue weighted by Crippen LogP contribution is -2.26. The average molecular weight is 276 g/mol. The van der Waals surface area contributed by atoms with Gasteiger partial charge in [0.05, 0.1) is 6.42 Å². The van der Waals surface area contributed by atoms with Crippen LogP contribution in [-0.4, -0.2) is 31.1 Å². The van der Waals surface area contributed by atoms with E-state index in [2.05, 4.69) is 10.6 Å². The molecule has 0 spiro atoms. The van der Waals surface area contributed by atoms with Crippen LogP contribution in [0, 0.1) is 0 Å². The number of anilines is 1. The highest BCUT2D eigenvalue weighted by Crippen LogP contribution is 2.19. The summed E-state index contributed by atoms with van der Waals surface area (Å²) < 4.78 is 5.02. The monoisotopic (exact) mass is 276 g/mol.